The monoisotopic (exact) mass is 168 g/mol. The fourth-order valence-corrected chi connectivity index (χ4v) is 2.11. The molecule has 2 aliphatic rings. The van der Waals surface area contributed by atoms with Crippen molar-refractivity contribution in [2.75, 3.05) is 0 Å². The maximum Gasteiger partial charge on any atom is 0.118 e. The second-order valence-corrected chi connectivity index (χ2v) is 4.32. The van der Waals surface area contributed by atoms with E-state index in [0.29, 0.717) is 5.92 Å². The molecule has 0 aromatic heterocycles. The fourth-order valence-electron chi connectivity index (χ4n) is 2.11. The first-order valence-corrected chi connectivity index (χ1v) is 4.55. The number of aliphatic hydroxyl groups excluding tert-OH is 1. The maximum atomic E-state index is 9.73. The van der Waals surface area contributed by atoms with E-state index in [-0.39, 0.29) is 17.8 Å². The Morgan fingerprint density at radius 2 is 2.25 bits per heavy atom. The standard InChI is InChI=1S/C10H16O2/c1-6(2)7-4-8(11)10(3)9(5-7)12-10/h7-9,11H,1,4-5H2,2-3H3/t7-,8+,9-,10+/m0/s1. The molecule has 12 heavy (non-hydrogen) atoms. The molecule has 1 heterocycles. The zero-order chi connectivity index (χ0) is 8.93. The normalized spacial score (nSPS) is 51.4. The van der Waals surface area contributed by atoms with Gasteiger partial charge in [0.1, 0.15) is 5.60 Å². The number of rotatable bonds is 1. The average Bonchev–Trinajstić information content (AvgIpc) is 2.62. The van der Waals surface area contributed by atoms with Crippen molar-refractivity contribution in [3.8, 4) is 0 Å². The Hall–Kier alpha value is -0.340. The molecule has 4 atom stereocenters. The molecule has 1 saturated heterocycles. The number of epoxide rings is 1. The molecule has 1 saturated carbocycles. The molecular weight excluding hydrogens is 152 g/mol. The third kappa shape index (κ3) is 1.02. The first-order chi connectivity index (χ1) is 5.54. The molecule has 2 heteroatoms. The van der Waals surface area contributed by atoms with E-state index in [1.54, 1.807) is 0 Å². The molecule has 0 amide bonds. The summed E-state index contributed by atoms with van der Waals surface area (Å²) >= 11 is 0. The van der Waals surface area contributed by atoms with Gasteiger partial charge in [0.2, 0.25) is 0 Å². The topological polar surface area (TPSA) is 32.8 Å². The van der Waals surface area contributed by atoms with Crippen molar-refractivity contribution in [3.05, 3.63) is 12.2 Å². The van der Waals surface area contributed by atoms with Gasteiger partial charge < -0.3 is 9.84 Å². The molecule has 0 spiro atoms. The van der Waals surface area contributed by atoms with Crippen LogP contribution < -0.4 is 0 Å². The predicted octanol–water partition coefficient (Wildman–Crippen LogP) is 1.49. The lowest BCUT2D eigenvalue weighted by Gasteiger charge is -2.27. The molecule has 1 aliphatic heterocycles. The molecule has 0 aromatic rings. The van der Waals surface area contributed by atoms with Gasteiger partial charge in [0.15, 0.2) is 0 Å². The molecule has 0 radical (unpaired) electrons. The van der Waals surface area contributed by atoms with Gasteiger partial charge in [-0.05, 0) is 32.6 Å². The lowest BCUT2D eigenvalue weighted by atomic mass is 9.78. The lowest BCUT2D eigenvalue weighted by molar-refractivity contribution is 0.0641. The fraction of sp³-hybridized carbons (Fsp3) is 0.800. The minimum Gasteiger partial charge on any atom is -0.390 e. The minimum absolute atomic E-state index is 0.216. The number of allylic oxidation sites excluding steroid dienone is 1. The molecular formula is C10H16O2. The molecule has 2 rings (SSSR count). The van der Waals surface area contributed by atoms with E-state index in [4.69, 9.17) is 4.74 Å². The quantitative estimate of drug-likeness (QED) is 0.475. The van der Waals surface area contributed by atoms with Crippen LogP contribution in [0.3, 0.4) is 0 Å². The van der Waals surface area contributed by atoms with Crippen molar-refractivity contribution in [1.29, 1.82) is 0 Å². The summed E-state index contributed by atoms with van der Waals surface area (Å²) in [7, 11) is 0. The summed E-state index contributed by atoms with van der Waals surface area (Å²) in [6.45, 7) is 7.95. The van der Waals surface area contributed by atoms with Crippen molar-refractivity contribution in [2.45, 2.75) is 44.5 Å². The Kier molecular flexibility index (Phi) is 1.61. The number of aliphatic hydroxyl groups is 1. The van der Waals surface area contributed by atoms with E-state index >= 15 is 0 Å². The van der Waals surface area contributed by atoms with Gasteiger partial charge >= 0.3 is 0 Å². The summed E-state index contributed by atoms with van der Waals surface area (Å²) in [5.41, 5.74) is 0.956. The maximum absolute atomic E-state index is 9.73. The van der Waals surface area contributed by atoms with Crippen molar-refractivity contribution in [1.82, 2.24) is 0 Å². The van der Waals surface area contributed by atoms with Gasteiger partial charge in [-0.25, -0.2) is 0 Å². The number of fused-ring (bicyclic) bond motifs is 1. The Balaban J connectivity index is 2.06. The minimum atomic E-state index is -0.294. The van der Waals surface area contributed by atoms with Gasteiger partial charge in [-0.15, -0.1) is 0 Å². The van der Waals surface area contributed by atoms with Crippen LogP contribution in [0.4, 0.5) is 0 Å². The van der Waals surface area contributed by atoms with E-state index in [2.05, 4.69) is 6.58 Å². The van der Waals surface area contributed by atoms with Gasteiger partial charge in [-0.2, -0.15) is 0 Å². The highest BCUT2D eigenvalue weighted by Gasteiger charge is 2.60. The lowest BCUT2D eigenvalue weighted by Crippen LogP contribution is -2.36. The van der Waals surface area contributed by atoms with Crippen LogP contribution in [0.5, 0.6) is 0 Å². The van der Waals surface area contributed by atoms with Gasteiger partial charge in [-0.1, -0.05) is 12.2 Å². The Labute approximate surface area is 73.2 Å². The molecule has 0 bridgehead atoms. The van der Waals surface area contributed by atoms with E-state index in [9.17, 15) is 5.11 Å². The third-order valence-electron chi connectivity index (χ3n) is 3.34. The van der Waals surface area contributed by atoms with Crippen LogP contribution in [0.15, 0.2) is 12.2 Å². The van der Waals surface area contributed by atoms with E-state index in [0.717, 1.165) is 12.8 Å². The van der Waals surface area contributed by atoms with Crippen LogP contribution >= 0.6 is 0 Å². The van der Waals surface area contributed by atoms with E-state index in [1.165, 1.54) is 5.57 Å². The molecule has 1 N–H and O–H groups in total. The number of hydrogen-bond donors (Lipinski definition) is 1. The molecule has 2 nitrogen and oxygen atoms in total. The second-order valence-electron chi connectivity index (χ2n) is 4.32. The summed E-state index contributed by atoms with van der Waals surface area (Å²) in [5, 5.41) is 9.73. The highest BCUT2D eigenvalue weighted by molar-refractivity contribution is 5.14. The summed E-state index contributed by atoms with van der Waals surface area (Å²) < 4.78 is 5.47. The van der Waals surface area contributed by atoms with Gasteiger partial charge in [0, 0.05) is 0 Å². The highest BCUT2D eigenvalue weighted by atomic mass is 16.6. The zero-order valence-corrected chi connectivity index (χ0v) is 7.71. The van der Waals surface area contributed by atoms with Crippen molar-refractivity contribution in [2.24, 2.45) is 5.92 Å². The summed E-state index contributed by atoms with van der Waals surface area (Å²) in [5.74, 6) is 0.459. The number of hydrogen-bond acceptors (Lipinski definition) is 2. The Bertz CT molecular complexity index is 224. The summed E-state index contributed by atoms with van der Waals surface area (Å²) in [6.07, 6.45) is 1.85. The zero-order valence-electron chi connectivity index (χ0n) is 7.71. The molecule has 0 unspecified atom stereocenters. The van der Waals surface area contributed by atoms with Crippen LogP contribution in [0.1, 0.15) is 26.7 Å². The highest BCUT2D eigenvalue weighted by Crippen LogP contribution is 2.50. The second kappa shape index (κ2) is 2.33. The van der Waals surface area contributed by atoms with Crippen LogP contribution in [-0.4, -0.2) is 22.9 Å². The smallest absolute Gasteiger partial charge is 0.118 e. The van der Waals surface area contributed by atoms with Crippen LogP contribution in [0.2, 0.25) is 0 Å². The first kappa shape index (κ1) is 8.27. The average molecular weight is 168 g/mol. The van der Waals surface area contributed by atoms with Crippen molar-refractivity contribution >= 4 is 0 Å². The van der Waals surface area contributed by atoms with Gasteiger partial charge in [0.25, 0.3) is 0 Å². The van der Waals surface area contributed by atoms with Gasteiger partial charge in [0.05, 0.1) is 12.2 Å². The number of ether oxygens (including phenoxy) is 1. The SMILES string of the molecule is C=C(C)[C@H]1C[C@@H](O)[C@@]2(C)O[C@H]2C1. The van der Waals surface area contributed by atoms with Gasteiger partial charge in [-0.3, -0.25) is 0 Å². The van der Waals surface area contributed by atoms with Crippen LogP contribution in [0, 0.1) is 5.92 Å². The molecule has 0 aromatic carbocycles. The molecule has 68 valence electrons. The van der Waals surface area contributed by atoms with Crippen LogP contribution in [0.25, 0.3) is 0 Å². The Morgan fingerprint density at radius 1 is 1.58 bits per heavy atom. The molecule has 2 fully saturated rings. The van der Waals surface area contributed by atoms with E-state index < -0.39 is 0 Å². The predicted molar refractivity (Wildman–Crippen MR) is 46.8 cm³/mol. The Morgan fingerprint density at radius 3 is 2.75 bits per heavy atom. The summed E-state index contributed by atoms with van der Waals surface area (Å²) in [4.78, 5) is 0. The van der Waals surface area contributed by atoms with Crippen LogP contribution in [-0.2, 0) is 4.74 Å². The molecule has 1 aliphatic carbocycles. The van der Waals surface area contributed by atoms with E-state index in [1.807, 2.05) is 13.8 Å². The van der Waals surface area contributed by atoms with Crippen molar-refractivity contribution in [3.63, 3.8) is 0 Å². The first-order valence-electron chi connectivity index (χ1n) is 4.55. The van der Waals surface area contributed by atoms with Crippen molar-refractivity contribution < 1.29 is 9.84 Å². The summed E-state index contributed by atoms with van der Waals surface area (Å²) in [6, 6.07) is 0. The third-order valence-corrected chi connectivity index (χ3v) is 3.34. The largest absolute Gasteiger partial charge is 0.390 e.